The number of aliphatic hydroxyl groups excluding tert-OH is 1. The van der Waals surface area contributed by atoms with Gasteiger partial charge in [-0.2, -0.15) is 0 Å². The van der Waals surface area contributed by atoms with E-state index in [9.17, 15) is 9.50 Å². The van der Waals surface area contributed by atoms with Crippen molar-refractivity contribution >= 4 is 11.3 Å². The first-order valence-corrected chi connectivity index (χ1v) is 12.2. The Balaban J connectivity index is 1.53. The lowest BCUT2D eigenvalue weighted by molar-refractivity contribution is 0.136. The van der Waals surface area contributed by atoms with Crippen LogP contribution < -0.4 is 15.4 Å². The number of fused-ring (bicyclic) bond motifs is 1. The summed E-state index contributed by atoms with van der Waals surface area (Å²) in [5.41, 5.74) is 6.05. The molecule has 0 spiro atoms. The number of aromatic nitrogens is 2. The monoisotopic (exact) mass is 490 g/mol. The van der Waals surface area contributed by atoms with Crippen molar-refractivity contribution in [2.45, 2.75) is 39.0 Å². The van der Waals surface area contributed by atoms with E-state index in [1.54, 1.807) is 13.2 Å². The first-order chi connectivity index (χ1) is 17.4. The van der Waals surface area contributed by atoms with Gasteiger partial charge in [0.05, 0.1) is 30.4 Å². The van der Waals surface area contributed by atoms with Gasteiger partial charge in [0.1, 0.15) is 23.5 Å². The van der Waals surface area contributed by atoms with E-state index in [2.05, 4.69) is 21.7 Å². The minimum Gasteiger partial charge on any atom is -0.455 e. The standard InChI is InChI=1S/C28H31FN4O3/c1-17-4-6-20(29)13-26(17)36-22-14-24(30-10-11-35-3)27-31-15-25(33(27)16-22)19-5-9-23(18(2)12-19)28(34)32-21-7-8-21/h4-6,9,12-16,21,28,30,32,34H,7-8,10-11H2,1-3H3. The molecule has 7 nitrogen and oxygen atoms in total. The summed E-state index contributed by atoms with van der Waals surface area (Å²) >= 11 is 0. The quantitative estimate of drug-likeness (QED) is 0.205. The third-order valence-corrected chi connectivity index (χ3v) is 6.41. The van der Waals surface area contributed by atoms with Crippen LogP contribution in [0.5, 0.6) is 11.5 Å². The van der Waals surface area contributed by atoms with E-state index in [0.717, 1.165) is 52.1 Å². The molecule has 2 aromatic carbocycles. The first-order valence-electron chi connectivity index (χ1n) is 12.2. The van der Waals surface area contributed by atoms with Gasteiger partial charge in [0.15, 0.2) is 5.65 Å². The van der Waals surface area contributed by atoms with Crippen molar-refractivity contribution < 1.29 is 19.0 Å². The predicted molar refractivity (Wildman–Crippen MR) is 138 cm³/mol. The Bertz CT molecular complexity index is 1380. The molecule has 1 aliphatic carbocycles. The summed E-state index contributed by atoms with van der Waals surface area (Å²) in [5.74, 6) is 0.649. The number of ether oxygens (including phenoxy) is 2. The number of rotatable bonds is 10. The van der Waals surface area contributed by atoms with Crippen LogP contribution in [-0.2, 0) is 4.74 Å². The van der Waals surface area contributed by atoms with Gasteiger partial charge < -0.3 is 19.9 Å². The van der Waals surface area contributed by atoms with Gasteiger partial charge in [-0.05, 0) is 55.5 Å². The fourth-order valence-corrected chi connectivity index (χ4v) is 4.27. The van der Waals surface area contributed by atoms with Gasteiger partial charge in [-0.1, -0.05) is 18.2 Å². The number of anilines is 1. The van der Waals surface area contributed by atoms with Crippen LogP contribution >= 0.6 is 0 Å². The molecule has 1 fully saturated rings. The number of pyridine rings is 1. The fourth-order valence-electron chi connectivity index (χ4n) is 4.27. The molecular weight excluding hydrogens is 459 g/mol. The fraction of sp³-hybridized carbons (Fsp3) is 0.321. The largest absolute Gasteiger partial charge is 0.455 e. The normalized spacial score (nSPS) is 14.2. The maximum atomic E-state index is 13.9. The molecule has 0 amide bonds. The lowest BCUT2D eigenvalue weighted by atomic mass is 10.0. The number of aryl methyl sites for hydroxylation is 2. The number of benzene rings is 2. The molecule has 4 aromatic rings. The van der Waals surface area contributed by atoms with Crippen LogP contribution in [0, 0.1) is 19.7 Å². The number of imidazole rings is 1. The van der Waals surface area contributed by atoms with Crippen LogP contribution in [0.1, 0.15) is 35.8 Å². The molecule has 1 unspecified atom stereocenters. The molecule has 2 heterocycles. The van der Waals surface area contributed by atoms with E-state index in [0.29, 0.717) is 30.7 Å². The summed E-state index contributed by atoms with van der Waals surface area (Å²) in [6, 6.07) is 12.8. The lowest BCUT2D eigenvalue weighted by Crippen LogP contribution is -2.23. The van der Waals surface area contributed by atoms with Crippen LogP contribution in [0.15, 0.2) is 54.9 Å². The van der Waals surface area contributed by atoms with E-state index in [1.807, 2.05) is 48.8 Å². The summed E-state index contributed by atoms with van der Waals surface area (Å²) in [6.45, 7) is 5.01. The Hall–Kier alpha value is -3.46. The van der Waals surface area contributed by atoms with E-state index < -0.39 is 6.23 Å². The van der Waals surface area contributed by atoms with Crippen molar-refractivity contribution in [1.82, 2.24) is 14.7 Å². The van der Waals surface area contributed by atoms with Crippen LogP contribution in [0.4, 0.5) is 10.1 Å². The zero-order chi connectivity index (χ0) is 25.2. The number of aliphatic hydroxyl groups is 1. The Kier molecular flexibility index (Phi) is 6.91. The van der Waals surface area contributed by atoms with Gasteiger partial charge in [0, 0.05) is 37.4 Å². The number of hydrogen-bond donors (Lipinski definition) is 3. The molecule has 1 aliphatic rings. The van der Waals surface area contributed by atoms with Gasteiger partial charge in [-0.15, -0.1) is 0 Å². The van der Waals surface area contributed by atoms with Crippen LogP contribution in [0.3, 0.4) is 0 Å². The third kappa shape index (κ3) is 5.21. The van der Waals surface area contributed by atoms with Crippen molar-refractivity contribution in [2.75, 3.05) is 25.6 Å². The molecule has 1 saturated carbocycles. The molecule has 0 bridgehead atoms. The second-order valence-corrected chi connectivity index (χ2v) is 9.27. The van der Waals surface area contributed by atoms with Crippen LogP contribution in [-0.4, -0.2) is 40.8 Å². The van der Waals surface area contributed by atoms with Gasteiger partial charge in [0.25, 0.3) is 0 Å². The molecule has 0 radical (unpaired) electrons. The Morgan fingerprint density at radius 1 is 1.14 bits per heavy atom. The molecule has 188 valence electrons. The van der Waals surface area contributed by atoms with Gasteiger partial charge in [-0.3, -0.25) is 9.72 Å². The third-order valence-electron chi connectivity index (χ3n) is 6.41. The van der Waals surface area contributed by atoms with Crippen molar-refractivity contribution in [2.24, 2.45) is 0 Å². The Morgan fingerprint density at radius 2 is 1.97 bits per heavy atom. The summed E-state index contributed by atoms with van der Waals surface area (Å²) in [6.07, 6.45) is 5.21. The molecule has 0 saturated heterocycles. The molecule has 2 aromatic heterocycles. The second kappa shape index (κ2) is 10.3. The Labute approximate surface area is 209 Å². The Morgan fingerprint density at radius 3 is 2.72 bits per heavy atom. The van der Waals surface area contributed by atoms with E-state index in [4.69, 9.17) is 9.47 Å². The lowest BCUT2D eigenvalue weighted by Gasteiger charge is -2.16. The zero-order valence-electron chi connectivity index (χ0n) is 20.7. The highest BCUT2D eigenvalue weighted by Crippen LogP contribution is 2.33. The van der Waals surface area contributed by atoms with E-state index in [-0.39, 0.29) is 5.82 Å². The molecule has 36 heavy (non-hydrogen) atoms. The number of halogens is 1. The molecule has 0 aliphatic heterocycles. The molecular formula is C28H31FN4O3. The second-order valence-electron chi connectivity index (χ2n) is 9.27. The van der Waals surface area contributed by atoms with Gasteiger partial charge in [0.2, 0.25) is 0 Å². The predicted octanol–water partition coefficient (Wildman–Crippen LogP) is 5.35. The SMILES string of the molecule is COCCNc1cc(Oc2cc(F)ccc2C)cn2c(-c3ccc(C(O)NC4CC4)c(C)c3)cnc12. The number of nitrogens with zero attached hydrogens (tertiary/aromatic N) is 2. The maximum absolute atomic E-state index is 13.9. The first kappa shape index (κ1) is 24.2. The van der Waals surface area contributed by atoms with Gasteiger partial charge in [-0.25, -0.2) is 9.37 Å². The van der Waals surface area contributed by atoms with Crippen molar-refractivity contribution in [1.29, 1.82) is 0 Å². The summed E-state index contributed by atoms with van der Waals surface area (Å²) in [4.78, 5) is 4.67. The van der Waals surface area contributed by atoms with Crippen molar-refractivity contribution in [3.05, 3.63) is 77.4 Å². The molecule has 8 heteroatoms. The van der Waals surface area contributed by atoms with Crippen LogP contribution in [0.25, 0.3) is 16.9 Å². The highest BCUT2D eigenvalue weighted by Gasteiger charge is 2.25. The smallest absolute Gasteiger partial charge is 0.161 e. The van der Waals surface area contributed by atoms with Crippen LogP contribution in [0.2, 0.25) is 0 Å². The van der Waals surface area contributed by atoms with E-state index >= 15 is 0 Å². The van der Waals surface area contributed by atoms with E-state index in [1.165, 1.54) is 12.1 Å². The summed E-state index contributed by atoms with van der Waals surface area (Å²) in [5, 5.41) is 17.2. The number of hydrogen-bond acceptors (Lipinski definition) is 6. The zero-order valence-corrected chi connectivity index (χ0v) is 20.7. The number of methoxy groups -OCH3 is 1. The minimum absolute atomic E-state index is 0.354. The maximum Gasteiger partial charge on any atom is 0.161 e. The average Bonchev–Trinajstić information content (AvgIpc) is 3.56. The number of nitrogens with one attached hydrogen (secondary N) is 2. The summed E-state index contributed by atoms with van der Waals surface area (Å²) < 4.78 is 27.2. The minimum atomic E-state index is -0.681. The molecule has 5 rings (SSSR count). The molecule has 3 N–H and O–H groups in total. The van der Waals surface area contributed by atoms with Gasteiger partial charge >= 0.3 is 0 Å². The van der Waals surface area contributed by atoms with Crippen molar-refractivity contribution in [3.63, 3.8) is 0 Å². The highest BCUT2D eigenvalue weighted by atomic mass is 19.1. The van der Waals surface area contributed by atoms with Crippen molar-refractivity contribution in [3.8, 4) is 22.8 Å². The molecule has 1 atom stereocenters. The topological polar surface area (TPSA) is 80.0 Å². The highest BCUT2D eigenvalue weighted by molar-refractivity contribution is 5.75. The average molecular weight is 491 g/mol. The summed E-state index contributed by atoms with van der Waals surface area (Å²) in [7, 11) is 1.65.